The van der Waals surface area contributed by atoms with Crippen molar-refractivity contribution in [2.24, 2.45) is 0 Å². The normalized spacial score (nSPS) is 10.4. The number of rotatable bonds is 3. The summed E-state index contributed by atoms with van der Waals surface area (Å²) in [5.41, 5.74) is 1.42. The highest BCUT2D eigenvalue weighted by Crippen LogP contribution is 2.35. The minimum atomic E-state index is -0.0155. The average molecular weight is 265 g/mol. The van der Waals surface area contributed by atoms with E-state index in [1.165, 1.54) is 0 Å². The lowest BCUT2D eigenvalue weighted by Crippen LogP contribution is -1.87. The highest BCUT2D eigenvalue weighted by molar-refractivity contribution is 5.86. The third-order valence-electron chi connectivity index (χ3n) is 2.98. The molecule has 1 N–H and O–H groups in total. The Morgan fingerprint density at radius 2 is 1.85 bits per heavy atom. The minimum Gasteiger partial charge on any atom is -0.452 e. The maximum atomic E-state index is 9.12. The third kappa shape index (κ3) is 2.11. The summed E-state index contributed by atoms with van der Waals surface area (Å²) in [7, 11) is 0. The molecule has 20 heavy (non-hydrogen) atoms. The first kappa shape index (κ1) is 12.3. The Balaban J connectivity index is 2.03. The predicted molar refractivity (Wildman–Crippen MR) is 73.4 cm³/mol. The molecule has 3 aromatic rings. The lowest BCUT2D eigenvalue weighted by atomic mass is 10.2. The van der Waals surface area contributed by atoms with Crippen LogP contribution in [-0.2, 0) is 6.61 Å². The van der Waals surface area contributed by atoms with E-state index in [4.69, 9.17) is 19.5 Å². The largest absolute Gasteiger partial charge is 0.452 e. The van der Waals surface area contributed by atoms with Gasteiger partial charge in [-0.1, -0.05) is 24.3 Å². The number of nitrogens with zero attached hydrogens (tertiary/aromatic N) is 1. The van der Waals surface area contributed by atoms with E-state index in [2.05, 4.69) is 0 Å². The van der Waals surface area contributed by atoms with Gasteiger partial charge < -0.3 is 14.3 Å². The highest BCUT2D eigenvalue weighted by atomic mass is 16.5. The van der Waals surface area contributed by atoms with Gasteiger partial charge in [-0.25, -0.2) is 0 Å². The molecule has 4 heteroatoms. The number of aliphatic hydroxyl groups is 1. The van der Waals surface area contributed by atoms with Crippen LogP contribution in [0, 0.1) is 11.3 Å². The maximum Gasteiger partial charge on any atom is 0.247 e. The van der Waals surface area contributed by atoms with E-state index in [1.54, 1.807) is 30.3 Å². The van der Waals surface area contributed by atoms with Crippen molar-refractivity contribution in [1.29, 1.82) is 5.26 Å². The summed E-state index contributed by atoms with van der Waals surface area (Å²) in [5, 5.41) is 18.9. The Hall–Kier alpha value is -2.77. The number of furan rings is 1. The van der Waals surface area contributed by atoms with Crippen molar-refractivity contribution in [3.05, 3.63) is 59.9 Å². The molecule has 0 radical (unpaired) electrons. The molecule has 0 saturated heterocycles. The first-order valence-electron chi connectivity index (χ1n) is 6.11. The maximum absolute atomic E-state index is 9.12. The molecule has 0 atom stereocenters. The molecule has 2 aromatic carbocycles. The van der Waals surface area contributed by atoms with E-state index in [-0.39, 0.29) is 12.4 Å². The molecule has 0 aliphatic carbocycles. The molecule has 98 valence electrons. The standard InChI is InChI=1S/C16H11NO3/c17-9-15-16(13-3-1-2-4-14(13)20-15)19-12-7-5-11(10-18)6-8-12/h1-8,18H,10H2. The number of fused-ring (bicyclic) bond motifs is 1. The molecule has 1 heterocycles. The van der Waals surface area contributed by atoms with Gasteiger partial charge >= 0.3 is 0 Å². The van der Waals surface area contributed by atoms with Crippen LogP contribution in [0.15, 0.2) is 52.9 Å². The van der Waals surface area contributed by atoms with Gasteiger partial charge in [0, 0.05) is 0 Å². The molecule has 3 rings (SSSR count). The third-order valence-corrected chi connectivity index (χ3v) is 2.98. The van der Waals surface area contributed by atoms with Crippen LogP contribution in [-0.4, -0.2) is 5.11 Å². The second kappa shape index (κ2) is 5.08. The molecular weight excluding hydrogens is 254 g/mol. The highest BCUT2D eigenvalue weighted by Gasteiger charge is 2.15. The van der Waals surface area contributed by atoms with Gasteiger partial charge in [-0.2, -0.15) is 5.26 Å². The molecule has 0 fully saturated rings. The second-order valence-electron chi connectivity index (χ2n) is 4.27. The fraction of sp³-hybridized carbons (Fsp3) is 0.0625. The zero-order chi connectivity index (χ0) is 13.9. The molecule has 0 aliphatic rings. The predicted octanol–water partition coefficient (Wildman–Crippen LogP) is 3.59. The fourth-order valence-corrected chi connectivity index (χ4v) is 1.98. The molecule has 0 amide bonds. The van der Waals surface area contributed by atoms with Crippen molar-refractivity contribution >= 4 is 11.0 Å². The number of nitriles is 1. The number of ether oxygens (including phenoxy) is 1. The van der Waals surface area contributed by atoms with Crippen LogP contribution in [0.3, 0.4) is 0 Å². The summed E-state index contributed by atoms with van der Waals surface area (Å²) < 4.78 is 11.2. The molecule has 0 spiro atoms. The second-order valence-corrected chi connectivity index (χ2v) is 4.27. The molecular formula is C16H11NO3. The summed E-state index contributed by atoms with van der Waals surface area (Å²) in [4.78, 5) is 0. The van der Waals surface area contributed by atoms with Gasteiger partial charge in [-0.05, 0) is 29.8 Å². The number of para-hydroxylation sites is 1. The van der Waals surface area contributed by atoms with Crippen molar-refractivity contribution in [2.45, 2.75) is 6.61 Å². The van der Waals surface area contributed by atoms with Gasteiger partial charge in [0.15, 0.2) is 5.75 Å². The minimum absolute atomic E-state index is 0.0155. The fourth-order valence-electron chi connectivity index (χ4n) is 1.98. The summed E-state index contributed by atoms with van der Waals surface area (Å²) in [5.74, 6) is 1.16. The van der Waals surface area contributed by atoms with Gasteiger partial charge in [-0.15, -0.1) is 0 Å². The van der Waals surface area contributed by atoms with E-state index in [0.29, 0.717) is 17.1 Å². The molecule has 0 aliphatic heterocycles. The van der Waals surface area contributed by atoms with Gasteiger partial charge in [0.25, 0.3) is 0 Å². The van der Waals surface area contributed by atoms with Gasteiger partial charge in [0.2, 0.25) is 5.76 Å². The molecule has 1 aromatic heterocycles. The van der Waals surface area contributed by atoms with Crippen LogP contribution in [0.4, 0.5) is 0 Å². The van der Waals surface area contributed by atoms with Crippen molar-refractivity contribution in [1.82, 2.24) is 0 Å². The molecule has 0 saturated carbocycles. The lowest BCUT2D eigenvalue weighted by molar-refractivity contribution is 0.281. The summed E-state index contributed by atoms with van der Waals surface area (Å²) >= 11 is 0. The van der Waals surface area contributed by atoms with Crippen LogP contribution in [0.1, 0.15) is 11.3 Å². The Kier molecular flexibility index (Phi) is 3.12. The van der Waals surface area contributed by atoms with Crippen molar-refractivity contribution in [3.63, 3.8) is 0 Å². The first-order valence-corrected chi connectivity index (χ1v) is 6.11. The van der Waals surface area contributed by atoms with Crippen LogP contribution < -0.4 is 4.74 Å². The van der Waals surface area contributed by atoms with Crippen molar-refractivity contribution in [2.75, 3.05) is 0 Å². The molecule has 0 bridgehead atoms. The van der Waals surface area contributed by atoms with E-state index in [0.717, 1.165) is 10.9 Å². The van der Waals surface area contributed by atoms with Gasteiger partial charge in [0.05, 0.1) is 12.0 Å². The first-order chi connectivity index (χ1) is 9.81. The van der Waals surface area contributed by atoms with Crippen LogP contribution in [0.2, 0.25) is 0 Å². The zero-order valence-electron chi connectivity index (χ0n) is 10.5. The quantitative estimate of drug-likeness (QED) is 0.785. The number of benzene rings is 2. The Morgan fingerprint density at radius 3 is 2.55 bits per heavy atom. The van der Waals surface area contributed by atoms with Crippen LogP contribution in [0.5, 0.6) is 11.5 Å². The Bertz CT molecular complexity index is 782. The molecule has 4 nitrogen and oxygen atoms in total. The average Bonchev–Trinajstić information content (AvgIpc) is 2.86. The topological polar surface area (TPSA) is 66.4 Å². The number of hydrogen-bond donors (Lipinski definition) is 1. The summed E-state index contributed by atoms with van der Waals surface area (Å²) in [6.07, 6.45) is 0. The van der Waals surface area contributed by atoms with E-state index >= 15 is 0 Å². The summed E-state index contributed by atoms with van der Waals surface area (Å²) in [6, 6.07) is 16.4. The Labute approximate surface area is 115 Å². The number of aliphatic hydroxyl groups excluding tert-OH is 1. The number of hydrogen-bond acceptors (Lipinski definition) is 4. The lowest BCUT2D eigenvalue weighted by Gasteiger charge is -2.04. The zero-order valence-corrected chi connectivity index (χ0v) is 10.5. The molecule has 0 unspecified atom stereocenters. The summed E-state index contributed by atoms with van der Waals surface area (Å²) in [6.45, 7) is -0.0155. The monoisotopic (exact) mass is 265 g/mol. The smallest absolute Gasteiger partial charge is 0.247 e. The van der Waals surface area contributed by atoms with E-state index in [9.17, 15) is 0 Å². The van der Waals surface area contributed by atoms with E-state index < -0.39 is 0 Å². The van der Waals surface area contributed by atoms with Gasteiger partial charge in [0.1, 0.15) is 17.4 Å². The van der Waals surface area contributed by atoms with Gasteiger partial charge in [-0.3, -0.25) is 0 Å². The van der Waals surface area contributed by atoms with Crippen LogP contribution >= 0.6 is 0 Å². The van der Waals surface area contributed by atoms with Crippen LogP contribution in [0.25, 0.3) is 11.0 Å². The SMILES string of the molecule is N#Cc1oc2ccccc2c1Oc1ccc(CO)cc1. The van der Waals surface area contributed by atoms with Crippen molar-refractivity contribution in [3.8, 4) is 17.6 Å². The van der Waals surface area contributed by atoms with E-state index in [1.807, 2.05) is 24.3 Å². The van der Waals surface area contributed by atoms with Crippen molar-refractivity contribution < 1.29 is 14.3 Å². The Morgan fingerprint density at radius 1 is 1.10 bits per heavy atom.